The van der Waals surface area contributed by atoms with E-state index in [1.807, 2.05) is 0 Å². The van der Waals surface area contributed by atoms with Crippen LogP contribution in [0.4, 0.5) is 10.2 Å². The third-order valence-electron chi connectivity index (χ3n) is 4.03. The summed E-state index contributed by atoms with van der Waals surface area (Å²) in [4.78, 5) is 22.9. The molecule has 0 radical (unpaired) electrons. The molecular weight excluding hydrogens is 369 g/mol. The summed E-state index contributed by atoms with van der Waals surface area (Å²) in [5, 5.41) is 13.6. The van der Waals surface area contributed by atoms with E-state index in [2.05, 4.69) is 20.7 Å². The summed E-state index contributed by atoms with van der Waals surface area (Å²) in [5.74, 6) is -0.866. The van der Waals surface area contributed by atoms with E-state index in [0.29, 0.717) is 29.4 Å². The Morgan fingerprint density at radius 1 is 1.36 bits per heavy atom. The van der Waals surface area contributed by atoms with Gasteiger partial charge < -0.3 is 20.3 Å². The zero-order chi connectivity index (χ0) is 20.3. The number of ether oxygens (including phenoxy) is 1. The average molecular weight is 387 g/mol. The number of amides is 1. The van der Waals surface area contributed by atoms with Crippen LogP contribution >= 0.6 is 0 Å². The lowest BCUT2D eigenvalue weighted by molar-refractivity contribution is -0.125. The van der Waals surface area contributed by atoms with Gasteiger partial charge in [0.2, 0.25) is 0 Å². The van der Waals surface area contributed by atoms with Crippen LogP contribution in [0.1, 0.15) is 28.7 Å². The van der Waals surface area contributed by atoms with Crippen molar-refractivity contribution in [2.75, 3.05) is 5.32 Å². The molecular formula is C18H18FN5O4. The van der Waals surface area contributed by atoms with E-state index in [-0.39, 0.29) is 11.5 Å². The maximum Gasteiger partial charge on any atom is 0.357 e. The monoisotopic (exact) mass is 387 g/mol. The lowest BCUT2D eigenvalue weighted by Crippen LogP contribution is -2.30. The van der Waals surface area contributed by atoms with Crippen LogP contribution < -0.4 is 11.1 Å². The first-order valence-electron chi connectivity index (χ1n) is 8.36. The number of hydrogen-bond acceptors (Lipinski definition) is 7. The third-order valence-corrected chi connectivity index (χ3v) is 4.03. The van der Waals surface area contributed by atoms with Crippen LogP contribution in [0.3, 0.4) is 0 Å². The van der Waals surface area contributed by atoms with Crippen molar-refractivity contribution in [2.45, 2.75) is 26.5 Å². The van der Waals surface area contributed by atoms with Gasteiger partial charge in [0, 0.05) is 23.7 Å². The first-order valence-corrected chi connectivity index (χ1v) is 8.36. The van der Waals surface area contributed by atoms with Crippen molar-refractivity contribution in [3.8, 4) is 11.3 Å². The van der Waals surface area contributed by atoms with Gasteiger partial charge in [-0.2, -0.15) is 5.10 Å². The van der Waals surface area contributed by atoms with E-state index in [1.165, 1.54) is 25.1 Å². The number of halogens is 1. The van der Waals surface area contributed by atoms with Crippen LogP contribution in [0.5, 0.6) is 0 Å². The average Bonchev–Trinajstić information content (AvgIpc) is 3.27. The van der Waals surface area contributed by atoms with E-state index < -0.39 is 18.0 Å². The van der Waals surface area contributed by atoms with Crippen LogP contribution in [-0.4, -0.2) is 33.3 Å². The number of primary amides is 1. The van der Waals surface area contributed by atoms with Gasteiger partial charge in [0.15, 0.2) is 6.10 Å². The van der Waals surface area contributed by atoms with Crippen LogP contribution in [0.2, 0.25) is 0 Å². The van der Waals surface area contributed by atoms with Crippen LogP contribution in [0.25, 0.3) is 11.3 Å². The molecule has 0 fully saturated rings. The lowest BCUT2D eigenvalue weighted by Gasteiger charge is -2.07. The molecule has 4 N–H and O–H groups in total. The molecule has 1 atom stereocenters. The maximum absolute atomic E-state index is 13.1. The lowest BCUT2D eigenvalue weighted by atomic mass is 10.1. The highest BCUT2D eigenvalue weighted by Crippen LogP contribution is 2.26. The molecule has 10 heteroatoms. The standard InChI is InChI=1S/C18H18FN5O4/c1-9-13(16(24-28-9)11-3-5-12(19)6-4-11)8-21-15-7-14(22-23-15)18(26)27-10(2)17(20)25/h3-7,10H,8H2,1-2H3,(H2,20,25)(H2,21,22,23). The number of nitrogens with two attached hydrogens (primary N) is 1. The molecule has 2 heterocycles. The van der Waals surface area contributed by atoms with E-state index in [0.717, 1.165) is 5.56 Å². The van der Waals surface area contributed by atoms with E-state index in [4.69, 9.17) is 15.0 Å². The Labute approximate surface area is 159 Å². The van der Waals surface area contributed by atoms with Gasteiger partial charge in [-0.15, -0.1) is 0 Å². The summed E-state index contributed by atoms with van der Waals surface area (Å²) in [7, 11) is 0. The second kappa shape index (κ2) is 7.91. The number of carbonyl (C=O) groups excluding carboxylic acids is 2. The molecule has 0 saturated heterocycles. The Hall–Kier alpha value is -3.69. The van der Waals surface area contributed by atoms with Gasteiger partial charge in [-0.3, -0.25) is 9.89 Å². The number of esters is 1. The molecule has 1 amide bonds. The minimum Gasteiger partial charge on any atom is -0.448 e. The number of rotatable bonds is 7. The van der Waals surface area contributed by atoms with Crippen molar-refractivity contribution < 1.29 is 23.2 Å². The Balaban J connectivity index is 1.69. The zero-order valence-electron chi connectivity index (χ0n) is 15.2. The molecule has 1 unspecified atom stereocenters. The summed E-state index contributed by atoms with van der Waals surface area (Å²) in [5.41, 5.74) is 7.18. The van der Waals surface area contributed by atoms with Gasteiger partial charge >= 0.3 is 5.97 Å². The molecule has 3 aromatic rings. The van der Waals surface area contributed by atoms with Crippen molar-refractivity contribution >= 4 is 17.7 Å². The molecule has 3 rings (SSSR count). The Morgan fingerprint density at radius 2 is 2.07 bits per heavy atom. The zero-order valence-corrected chi connectivity index (χ0v) is 15.2. The number of hydrogen-bond donors (Lipinski definition) is 3. The van der Waals surface area contributed by atoms with Gasteiger partial charge in [0.1, 0.15) is 28.8 Å². The smallest absolute Gasteiger partial charge is 0.357 e. The number of aromatic amines is 1. The molecule has 0 aliphatic heterocycles. The fraction of sp³-hybridized carbons (Fsp3) is 0.222. The van der Waals surface area contributed by atoms with Crippen molar-refractivity contribution in [3.63, 3.8) is 0 Å². The minimum absolute atomic E-state index is 0.0661. The number of carbonyl (C=O) groups is 2. The number of H-pyrrole nitrogens is 1. The van der Waals surface area contributed by atoms with Crippen molar-refractivity contribution in [1.82, 2.24) is 15.4 Å². The molecule has 28 heavy (non-hydrogen) atoms. The van der Waals surface area contributed by atoms with E-state index in [9.17, 15) is 14.0 Å². The first-order chi connectivity index (χ1) is 13.3. The third kappa shape index (κ3) is 4.17. The number of nitrogens with one attached hydrogen (secondary N) is 2. The molecule has 9 nitrogen and oxygen atoms in total. The molecule has 0 aliphatic rings. The van der Waals surface area contributed by atoms with Gasteiger partial charge in [-0.1, -0.05) is 5.16 Å². The SMILES string of the molecule is Cc1onc(-c2ccc(F)cc2)c1CNc1cc(C(=O)OC(C)C(N)=O)[nH]n1. The van der Waals surface area contributed by atoms with Crippen LogP contribution in [0, 0.1) is 12.7 Å². The van der Waals surface area contributed by atoms with E-state index >= 15 is 0 Å². The predicted molar refractivity (Wildman–Crippen MR) is 96.6 cm³/mol. The topological polar surface area (TPSA) is 136 Å². The number of aryl methyl sites for hydroxylation is 1. The largest absolute Gasteiger partial charge is 0.448 e. The quantitative estimate of drug-likeness (QED) is 0.528. The predicted octanol–water partition coefficient (Wildman–Crippen LogP) is 2.15. The van der Waals surface area contributed by atoms with Crippen LogP contribution in [0.15, 0.2) is 34.9 Å². The van der Waals surface area contributed by atoms with Gasteiger partial charge in [0.25, 0.3) is 5.91 Å². The molecule has 146 valence electrons. The maximum atomic E-state index is 13.1. The number of benzene rings is 1. The Kier molecular flexibility index (Phi) is 5.39. The summed E-state index contributed by atoms with van der Waals surface area (Å²) in [6.07, 6.45) is -1.05. The summed E-state index contributed by atoms with van der Waals surface area (Å²) >= 11 is 0. The number of anilines is 1. The van der Waals surface area contributed by atoms with Gasteiger partial charge in [-0.25, -0.2) is 9.18 Å². The fourth-order valence-electron chi connectivity index (χ4n) is 2.41. The van der Waals surface area contributed by atoms with E-state index in [1.54, 1.807) is 19.1 Å². The summed E-state index contributed by atoms with van der Waals surface area (Å²) in [6.45, 7) is 3.44. The molecule has 0 saturated carbocycles. The summed E-state index contributed by atoms with van der Waals surface area (Å²) < 4.78 is 23.3. The molecule has 0 spiro atoms. The molecule has 0 aliphatic carbocycles. The number of aromatic nitrogens is 3. The Morgan fingerprint density at radius 3 is 2.75 bits per heavy atom. The summed E-state index contributed by atoms with van der Waals surface area (Å²) in [6, 6.07) is 7.35. The molecule has 2 aromatic heterocycles. The highest BCUT2D eigenvalue weighted by Gasteiger charge is 2.19. The Bertz CT molecular complexity index is 996. The second-order valence-electron chi connectivity index (χ2n) is 6.04. The van der Waals surface area contributed by atoms with Crippen molar-refractivity contribution in [3.05, 3.63) is 53.2 Å². The molecule has 0 bridgehead atoms. The normalized spacial score (nSPS) is 11.8. The first kappa shape index (κ1) is 19.1. The van der Waals surface area contributed by atoms with Crippen molar-refractivity contribution in [1.29, 1.82) is 0 Å². The highest BCUT2D eigenvalue weighted by molar-refractivity contribution is 5.90. The minimum atomic E-state index is -1.05. The highest BCUT2D eigenvalue weighted by atomic mass is 19.1. The van der Waals surface area contributed by atoms with Crippen molar-refractivity contribution in [2.24, 2.45) is 5.73 Å². The van der Waals surface area contributed by atoms with Crippen LogP contribution in [-0.2, 0) is 16.1 Å². The van der Waals surface area contributed by atoms with Gasteiger partial charge in [-0.05, 0) is 38.1 Å². The van der Waals surface area contributed by atoms with Gasteiger partial charge in [0.05, 0.1) is 0 Å². The molecule has 1 aromatic carbocycles. The second-order valence-corrected chi connectivity index (χ2v) is 6.04. The number of nitrogens with zero attached hydrogens (tertiary/aromatic N) is 2. The fourth-order valence-corrected chi connectivity index (χ4v) is 2.41.